The lowest BCUT2D eigenvalue weighted by Gasteiger charge is -2.22. The zero-order chi connectivity index (χ0) is 10.8. The van der Waals surface area contributed by atoms with Gasteiger partial charge in [0.1, 0.15) is 5.69 Å². The van der Waals surface area contributed by atoms with Crippen molar-refractivity contribution in [2.24, 2.45) is 7.05 Å². The minimum atomic E-state index is -0.255. The number of carbonyl (C=O) groups is 1. The van der Waals surface area contributed by atoms with Crippen LogP contribution >= 0.6 is 15.9 Å². The molecule has 0 unspecified atom stereocenters. The summed E-state index contributed by atoms with van der Waals surface area (Å²) in [6.45, 7) is 3.89. The first-order valence-electron chi connectivity index (χ1n) is 4.31. The van der Waals surface area contributed by atoms with E-state index in [9.17, 15) is 4.79 Å². The Hall–Kier alpha value is -0.840. The fourth-order valence-corrected chi connectivity index (χ4v) is 1.08. The number of nitrogens with one attached hydrogen (secondary N) is 1. The van der Waals surface area contributed by atoms with Crippen LogP contribution < -0.4 is 5.32 Å². The van der Waals surface area contributed by atoms with Crippen molar-refractivity contribution in [3.8, 4) is 0 Å². The summed E-state index contributed by atoms with van der Waals surface area (Å²) < 4.78 is 1.75. The highest BCUT2D eigenvalue weighted by molar-refractivity contribution is 9.09. The molecule has 1 amide bonds. The van der Waals surface area contributed by atoms with Crippen molar-refractivity contribution >= 4 is 21.8 Å². The molecule has 78 valence electrons. The maximum absolute atomic E-state index is 11.6. The van der Waals surface area contributed by atoms with E-state index in [0.717, 1.165) is 0 Å². The lowest BCUT2D eigenvalue weighted by atomic mass is 10.1. The van der Waals surface area contributed by atoms with Crippen LogP contribution in [0.3, 0.4) is 0 Å². The molecule has 0 aliphatic heterocycles. The molecule has 14 heavy (non-hydrogen) atoms. The summed E-state index contributed by atoms with van der Waals surface area (Å²) in [4.78, 5) is 15.6. The quantitative estimate of drug-likeness (QED) is 0.833. The van der Waals surface area contributed by atoms with Crippen LogP contribution in [0.2, 0.25) is 0 Å². The molecule has 0 radical (unpaired) electrons. The van der Waals surface area contributed by atoms with Crippen LogP contribution in [0.25, 0.3) is 0 Å². The molecule has 0 fully saturated rings. The van der Waals surface area contributed by atoms with Gasteiger partial charge in [-0.15, -0.1) is 0 Å². The largest absolute Gasteiger partial charge is 0.345 e. The van der Waals surface area contributed by atoms with Crippen LogP contribution in [0, 0.1) is 0 Å². The van der Waals surface area contributed by atoms with Gasteiger partial charge >= 0.3 is 0 Å². The molecule has 0 bridgehead atoms. The average molecular weight is 260 g/mol. The van der Waals surface area contributed by atoms with E-state index in [1.807, 2.05) is 20.9 Å². The van der Waals surface area contributed by atoms with Crippen LogP contribution in [-0.4, -0.2) is 26.3 Å². The van der Waals surface area contributed by atoms with Gasteiger partial charge in [0, 0.05) is 24.1 Å². The number of carbonyl (C=O) groups excluding carboxylic acids is 1. The second-order valence-electron chi connectivity index (χ2n) is 3.90. The van der Waals surface area contributed by atoms with Gasteiger partial charge in [-0.25, -0.2) is 4.98 Å². The number of aryl methyl sites for hydroxylation is 1. The molecule has 1 rings (SSSR count). The summed E-state index contributed by atoms with van der Waals surface area (Å²) in [5.41, 5.74) is 0.191. The Morgan fingerprint density at radius 3 is 2.79 bits per heavy atom. The summed E-state index contributed by atoms with van der Waals surface area (Å²) in [5, 5.41) is 3.58. The van der Waals surface area contributed by atoms with Crippen molar-refractivity contribution in [1.82, 2.24) is 14.9 Å². The molecule has 0 saturated heterocycles. The number of hydrogen-bond acceptors (Lipinski definition) is 2. The first kappa shape index (κ1) is 11.2. The highest BCUT2D eigenvalue weighted by Crippen LogP contribution is 2.07. The second kappa shape index (κ2) is 4.13. The fourth-order valence-electron chi connectivity index (χ4n) is 0.935. The topological polar surface area (TPSA) is 46.9 Å². The molecule has 5 heteroatoms. The summed E-state index contributed by atoms with van der Waals surface area (Å²) in [7, 11) is 1.83. The van der Waals surface area contributed by atoms with E-state index in [1.165, 1.54) is 0 Å². The molecule has 1 aromatic heterocycles. The number of imidazole rings is 1. The minimum Gasteiger partial charge on any atom is -0.345 e. The average Bonchev–Trinajstić information content (AvgIpc) is 2.51. The third kappa shape index (κ3) is 2.83. The molecule has 0 aliphatic carbocycles. The molecule has 0 aromatic carbocycles. The van der Waals surface area contributed by atoms with Gasteiger partial charge in [-0.1, -0.05) is 15.9 Å². The molecule has 4 nitrogen and oxygen atoms in total. The zero-order valence-corrected chi connectivity index (χ0v) is 10.1. The summed E-state index contributed by atoms with van der Waals surface area (Å²) in [6.07, 6.45) is 3.30. The summed E-state index contributed by atoms with van der Waals surface area (Å²) in [6, 6.07) is 0. The van der Waals surface area contributed by atoms with Gasteiger partial charge in [-0.05, 0) is 13.8 Å². The predicted octanol–water partition coefficient (Wildman–Crippen LogP) is 1.32. The van der Waals surface area contributed by atoms with Crippen molar-refractivity contribution in [3.63, 3.8) is 0 Å². The first-order chi connectivity index (χ1) is 6.44. The zero-order valence-electron chi connectivity index (χ0n) is 8.54. The van der Waals surface area contributed by atoms with Crippen molar-refractivity contribution in [3.05, 3.63) is 18.2 Å². The van der Waals surface area contributed by atoms with Gasteiger partial charge in [-0.3, -0.25) is 4.79 Å². The Balaban J connectivity index is 2.68. The lowest BCUT2D eigenvalue weighted by molar-refractivity contribution is 0.0916. The molecular formula is C9H14BrN3O. The predicted molar refractivity (Wildman–Crippen MR) is 58.5 cm³/mol. The smallest absolute Gasteiger partial charge is 0.271 e. The van der Waals surface area contributed by atoms with Gasteiger partial charge in [0.2, 0.25) is 0 Å². The number of halogens is 1. The van der Waals surface area contributed by atoms with E-state index >= 15 is 0 Å². The number of alkyl halides is 1. The second-order valence-corrected chi connectivity index (χ2v) is 4.46. The van der Waals surface area contributed by atoms with Crippen LogP contribution in [0.1, 0.15) is 24.3 Å². The van der Waals surface area contributed by atoms with E-state index in [1.54, 1.807) is 17.1 Å². The van der Waals surface area contributed by atoms with Crippen LogP contribution in [0.4, 0.5) is 0 Å². The van der Waals surface area contributed by atoms with Crippen molar-refractivity contribution in [2.45, 2.75) is 19.4 Å². The Labute approximate surface area is 91.8 Å². The van der Waals surface area contributed by atoms with E-state index in [2.05, 4.69) is 26.2 Å². The molecule has 1 aromatic rings. The van der Waals surface area contributed by atoms with Crippen molar-refractivity contribution in [1.29, 1.82) is 0 Å². The van der Waals surface area contributed by atoms with Crippen LogP contribution in [0.15, 0.2) is 12.5 Å². The van der Waals surface area contributed by atoms with E-state index in [-0.39, 0.29) is 11.4 Å². The maximum atomic E-state index is 11.6. The Bertz CT molecular complexity index is 333. The molecule has 0 spiro atoms. The molecule has 0 saturated carbocycles. The van der Waals surface area contributed by atoms with Gasteiger partial charge in [-0.2, -0.15) is 0 Å². The van der Waals surface area contributed by atoms with Gasteiger partial charge in [0.25, 0.3) is 5.91 Å². The SMILES string of the molecule is Cn1cnc(C(=O)NC(C)(C)CBr)c1. The molecular weight excluding hydrogens is 246 g/mol. The van der Waals surface area contributed by atoms with Crippen LogP contribution in [0.5, 0.6) is 0 Å². The summed E-state index contributed by atoms with van der Waals surface area (Å²) in [5.74, 6) is -0.143. The third-order valence-electron chi connectivity index (χ3n) is 1.72. The highest BCUT2D eigenvalue weighted by atomic mass is 79.9. The maximum Gasteiger partial charge on any atom is 0.271 e. The Morgan fingerprint density at radius 1 is 1.71 bits per heavy atom. The highest BCUT2D eigenvalue weighted by Gasteiger charge is 2.20. The monoisotopic (exact) mass is 259 g/mol. The molecule has 0 aliphatic rings. The number of amides is 1. The van der Waals surface area contributed by atoms with E-state index in [0.29, 0.717) is 11.0 Å². The van der Waals surface area contributed by atoms with Crippen molar-refractivity contribution < 1.29 is 4.79 Å². The molecule has 1 heterocycles. The third-order valence-corrected chi connectivity index (χ3v) is 3.13. The number of nitrogens with zero attached hydrogens (tertiary/aromatic N) is 2. The molecule has 1 N–H and O–H groups in total. The molecule has 0 atom stereocenters. The lowest BCUT2D eigenvalue weighted by Crippen LogP contribution is -2.44. The number of hydrogen-bond donors (Lipinski definition) is 1. The van der Waals surface area contributed by atoms with Crippen LogP contribution in [-0.2, 0) is 7.05 Å². The van der Waals surface area contributed by atoms with Gasteiger partial charge < -0.3 is 9.88 Å². The fraction of sp³-hybridized carbons (Fsp3) is 0.556. The Morgan fingerprint density at radius 2 is 2.36 bits per heavy atom. The van der Waals surface area contributed by atoms with Gasteiger partial charge in [0.05, 0.1) is 6.33 Å². The first-order valence-corrected chi connectivity index (χ1v) is 5.43. The van der Waals surface area contributed by atoms with E-state index < -0.39 is 0 Å². The summed E-state index contributed by atoms with van der Waals surface area (Å²) >= 11 is 3.34. The van der Waals surface area contributed by atoms with E-state index in [4.69, 9.17) is 0 Å². The van der Waals surface area contributed by atoms with Gasteiger partial charge in [0.15, 0.2) is 0 Å². The Kier molecular flexibility index (Phi) is 3.31. The number of rotatable bonds is 3. The normalized spacial score (nSPS) is 11.4. The minimum absolute atomic E-state index is 0.143. The van der Waals surface area contributed by atoms with Crippen molar-refractivity contribution in [2.75, 3.05) is 5.33 Å². The number of aromatic nitrogens is 2. The standard InChI is InChI=1S/C9H14BrN3O/c1-9(2,5-10)12-8(14)7-4-13(3)6-11-7/h4,6H,5H2,1-3H3,(H,12,14).